The number of aromatic nitrogens is 5. The average molecular weight is 285 g/mol. The van der Waals surface area contributed by atoms with E-state index in [1.807, 2.05) is 5.01 Å². The first-order chi connectivity index (χ1) is 10.4. The molecule has 0 saturated heterocycles. The van der Waals surface area contributed by atoms with Gasteiger partial charge in [-0.15, -0.1) is 0 Å². The molecule has 2 aromatic rings. The maximum Gasteiger partial charge on any atom is 0.251 e. The van der Waals surface area contributed by atoms with Crippen LogP contribution in [0.4, 0.5) is 5.82 Å². The number of H-pyrrole nitrogens is 1. The first-order valence-corrected chi connectivity index (χ1v) is 6.96. The minimum absolute atomic E-state index is 0.189. The molecule has 2 N–H and O–H groups in total. The van der Waals surface area contributed by atoms with E-state index in [1.165, 1.54) is 6.33 Å². The molecule has 4 rings (SSSR count). The molecule has 4 heterocycles. The Morgan fingerprint density at radius 3 is 3.14 bits per heavy atom. The van der Waals surface area contributed by atoms with Crippen molar-refractivity contribution in [1.82, 2.24) is 35.2 Å². The third-order valence-corrected chi connectivity index (χ3v) is 3.49. The Bertz CT molecular complexity index is 696. The number of aliphatic imine (C=N–C) groups is 2. The normalized spacial score (nSPS) is 19.7. The van der Waals surface area contributed by atoms with E-state index in [0.29, 0.717) is 11.8 Å². The first-order valence-electron chi connectivity index (χ1n) is 6.96. The molecule has 0 aromatic carbocycles. The Balaban J connectivity index is 1.73. The van der Waals surface area contributed by atoms with E-state index in [4.69, 9.17) is 4.99 Å². The number of hydrogen-bond donors (Lipinski definition) is 2. The zero-order valence-corrected chi connectivity index (χ0v) is 11.6. The summed E-state index contributed by atoms with van der Waals surface area (Å²) >= 11 is 0. The van der Waals surface area contributed by atoms with E-state index in [9.17, 15) is 0 Å². The largest absolute Gasteiger partial charge is 0.343 e. The van der Waals surface area contributed by atoms with Crippen LogP contribution in [0.3, 0.4) is 0 Å². The predicted molar refractivity (Wildman–Crippen MR) is 75.8 cm³/mol. The minimum atomic E-state index is -0.189. The van der Waals surface area contributed by atoms with Gasteiger partial charge in [-0.3, -0.25) is 5.43 Å². The Morgan fingerprint density at radius 2 is 2.33 bits per heavy atom. The van der Waals surface area contributed by atoms with Crippen LogP contribution >= 0.6 is 0 Å². The molecule has 0 amide bonds. The minimum Gasteiger partial charge on any atom is -0.343 e. The van der Waals surface area contributed by atoms with Crippen molar-refractivity contribution in [3.05, 3.63) is 24.7 Å². The van der Waals surface area contributed by atoms with Crippen molar-refractivity contribution in [1.29, 1.82) is 0 Å². The third kappa shape index (κ3) is 1.89. The van der Waals surface area contributed by atoms with Crippen molar-refractivity contribution < 1.29 is 0 Å². The highest BCUT2D eigenvalue weighted by Gasteiger charge is 2.37. The Kier molecular flexibility index (Phi) is 2.69. The SMILES string of the molecule is CCCCC1=NC2c3[nH]cnc3N=C(n3cncn3)N2N1. The van der Waals surface area contributed by atoms with Gasteiger partial charge in [-0.1, -0.05) is 13.3 Å². The molecule has 9 nitrogen and oxygen atoms in total. The standard InChI is InChI=1S/C12H15N9/c1-2-3-4-8-17-11-9-10(15-6-14-9)18-12(21(11)19-8)20-7-13-5-16-20/h5-7,11H,2-4H2,1H3,(H,14,15)(H,17,19). The van der Waals surface area contributed by atoms with E-state index >= 15 is 0 Å². The maximum absolute atomic E-state index is 4.74. The lowest BCUT2D eigenvalue weighted by Gasteiger charge is -2.28. The van der Waals surface area contributed by atoms with Gasteiger partial charge in [-0.2, -0.15) is 14.8 Å². The number of imidazole rings is 1. The van der Waals surface area contributed by atoms with Gasteiger partial charge in [0.25, 0.3) is 5.96 Å². The Hall–Kier alpha value is -2.71. The number of rotatable bonds is 3. The molecule has 2 aliphatic heterocycles. The van der Waals surface area contributed by atoms with E-state index in [-0.39, 0.29) is 6.17 Å². The first kappa shape index (κ1) is 12.1. The maximum atomic E-state index is 4.74. The van der Waals surface area contributed by atoms with Gasteiger partial charge in [0.2, 0.25) is 0 Å². The second kappa shape index (κ2) is 4.69. The number of amidine groups is 1. The van der Waals surface area contributed by atoms with Crippen molar-refractivity contribution in [3.63, 3.8) is 0 Å². The topological polar surface area (TPSA) is 99.4 Å². The molecule has 21 heavy (non-hydrogen) atoms. The average Bonchev–Trinajstić information content (AvgIpc) is 3.21. The summed E-state index contributed by atoms with van der Waals surface area (Å²) in [4.78, 5) is 20.6. The molecule has 0 radical (unpaired) electrons. The molecule has 0 bridgehead atoms. The number of hydrogen-bond acceptors (Lipinski definition) is 7. The summed E-state index contributed by atoms with van der Waals surface area (Å²) in [6.45, 7) is 2.16. The molecule has 1 atom stereocenters. The fraction of sp³-hybridized carbons (Fsp3) is 0.417. The van der Waals surface area contributed by atoms with Gasteiger partial charge in [0.15, 0.2) is 12.0 Å². The van der Waals surface area contributed by atoms with Crippen molar-refractivity contribution in [2.45, 2.75) is 32.4 Å². The van der Waals surface area contributed by atoms with E-state index in [1.54, 1.807) is 17.3 Å². The molecule has 2 aliphatic rings. The second-order valence-corrected chi connectivity index (χ2v) is 4.93. The number of fused-ring (bicyclic) bond motifs is 3. The van der Waals surface area contributed by atoms with Crippen LogP contribution < -0.4 is 5.43 Å². The number of unbranched alkanes of at least 4 members (excludes halogenated alkanes) is 1. The fourth-order valence-corrected chi connectivity index (χ4v) is 2.45. The van der Waals surface area contributed by atoms with Crippen LogP contribution in [0, 0.1) is 0 Å². The fourth-order valence-electron chi connectivity index (χ4n) is 2.45. The lowest BCUT2D eigenvalue weighted by molar-refractivity contribution is 0.296. The molecular formula is C12H15N9. The van der Waals surface area contributed by atoms with Crippen molar-refractivity contribution in [2.24, 2.45) is 9.98 Å². The van der Waals surface area contributed by atoms with E-state index in [2.05, 4.69) is 37.4 Å². The molecular weight excluding hydrogens is 270 g/mol. The van der Waals surface area contributed by atoms with Crippen LogP contribution in [-0.2, 0) is 0 Å². The molecule has 0 fully saturated rings. The van der Waals surface area contributed by atoms with Crippen molar-refractivity contribution in [2.75, 3.05) is 0 Å². The van der Waals surface area contributed by atoms with Gasteiger partial charge < -0.3 is 4.98 Å². The molecule has 1 unspecified atom stereocenters. The number of aromatic amines is 1. The second-order valence-electron chi connectivity index (χ2n) is 4.93. The molecule has 108 valence electrons. The van der Waals surface area contributed by atoms with Crippen LogP contribution in [0.5, 0.6) is 0 Å². The molecule has 0 aliphatic carbocycles. The Labute approximate surface area is 120 Å². The number of nitrogens with one attached hydrogen (secondary N) is 2. The summed E-state index contributed by atoms with van der Waals surface area (Å²) in [5, 5.41) is 6.04. The van der Waals surface area contributed by atoms with Gasteiger partial charge in [0, 0.05) is 6.42 Å². The highest BCUT2D eigenvalue weighted by molar-refractivity contribution is 5.92. The molecule has 9 heteroatoms. The summed E-state index contributed by atoms with van der Waals surface area (Å²) in [5.41, 5.74) is 4.20. The van der Waals surface area contributed by atoms with Crippen LogP contribution in [0.25, 0.3) is 0 Å². The van der Waals surface area contributed by atoms with Crippen LogP contribution in [0.15, 0.2) is 29.0 Å². The number of nitrogens with zero attached hydrogens (tertiary/aromatic N) is 7. The zero-order valence-electron chi connectivity index (χ0n) is 11.6. The van der Waals surface area contributed by atoms with Gasteiger partial charge in [-0.25, -0.2) is 20.0 Å². The smallest absolute Gasteiger partial charge is 0.251 e. The number of hydrazine groups is 1. The third-order valence-electron chi connectivity index (χ3n) is 3.49. The van der Waals surface area contributed by atoms with Crippen LogP contribution in [0.2, 0.25) is 0 Å². The Morgan fingerprint density at radius 1 is 1.38 bits per heavy atom. The molecule has 0 saturated carbocycles. The van der Waals surface area contributed by atoms with Gasteiger partial charge in [-0.05, 0) is 6.42 Å². The zero-order chi connectivity index (χ0) is 14.2. The summed E-state index contributed by atoms with van der Waals surface area (Å²) < 4.78 is 1.61. The highest BCUT2D eigenvalue weighted by atomic mass is 15.7. The lowest BCUT2D eigenvalue weighted by Crippen LogP contribution is -2.46. The van der Waals surface area contributed by atoms with E-state index < -0.39 is 0 Å². The van der Waals surface area contributed by atoms with Crippen LogP contribution in [-0.4, -0.2) is 41.5 Å². The van der Waals surface area contributed by atoms with Gasteiger partial charge >= 0.3 is 0 Å². The molecule has 2 aromatic heterocycles. The lowest BCUT2D eigenvalue weighted by atomic mass is 10.2. The predicted octanol–water partition coefficient (Wildman–Crippen LogP) is 0.958. The molecule has 0 spiro atoms. The van der Waals surface area contributed by atoms with Gasteiger partial charge in [0.1, 0.15) is 24.2 Å². The summed E-state index contributed by atoms with van der Waals surface area (Å²) in [7, 11) is 0. The monoisotopic (exact) mass is 285 g/mol. The summed E-state index contributed by atoms with van der Waals surface area (Å²) in [6.07, 6.45) is 7.67. The highest BCUT2D eigenvalue weighted by Crippen LogP contribution is 2.34. The van der Waals surface area contributed by atoms with Crippen molar-refractivity contribution in [3.8, 4) is 0 Å². The summed E-state index contributed by atoms with van der Waals surface area (Å²) in [6, 6.07) is 0. The summed E-state index contributed by atoms with van der Waals surface area (Å²) in [5.74, 6) is 2.22. The van der Waals surface area contributed by atoms with E-state index in [0.717, 1.165) is 30.8 Å². The van der Waals surface area contributed by atoms with Crippen LogP contribution in [0.1, 0.15) is 38.0 Å². The van der Waals surface area contributed by atoms with Gasteiger partial charge in [0.05, 0.1) is 6.33 Å². The van der Waals surface area contributed by atoms with Crippen molar-refractivity contribution >= 4 is 17.6 Å². The quantitative estimate of drug-likeness (QED) is 0.875.